The number of benzene rings is 2. The van der Waals surface area contributed by atoms with E-state index in [0.29, 0.717) is 40.1 Å². The van der Waals surface area contributed by atoms with Crippen molar-refractivity contribution in [1.29, 1.82) is 0 Å². The normalized spacial score (nSPS) is 9.88. The Bertz CT molecular complexity index is 753. The van der Waals surface area contributed by atoms with Gasteiger partial charge in [0.2, 0.25) is 5.75 Å². The van der Waals surface area contributed by atoms with E-state index in [-0.39, 0.29) is 0 Å². The van der Waals surface area contributed by atoms with Gasteiger partial charge in [-0.2, -0.15) is 0 Å². The summed E-state index contributed by atoms with van der Waals surface area (Å²) in [5, 5.41) is 5.44. The first-order valence-electron chi connectivity index (χ1n) is 7.66. The van der Waals surface area contributed by atoms with Gasteiger partial charge in [0.25, 0.3) is 0 Å². The molecule has 0 atom stereocenters. The molecule has 2 rings (SSSR count). The Balaban J connectivity index is 2.17. The van der Waals surface area contributed by atoms with Gasteiger partial charge in [0, 0.05) is 23.9 Å². The minimum absolute atomic E-state index is 0.438. The smallest absolute Gasteiger partial charge is 0.323 e. The van der Waals surface area contributed by atoms with Gasteiger partial charge < -0.3 is 34.3 Å². The van der Waals surface area contributed by atoms with Gasteiger partial charge in [-0.3, -0.25) is 0 Å². The third-order valence-corrected chi connectivity index (χ3v) is 3.56. The van der Waals surface area contributed by atoms with Crippen molar-refractivity contribution in [1.82, 2.24) is 0 Å². The van der Waals surface area contributed by atoms with Crippen LogP contribution in [0, 0.1) is 0 Å². The Morgan fingerprint density at radius 3 is 1.65 bits per heavy atom. The Kier molecular flexibility index (Phi) is 6.37. The molecule has 0 fully saturated rings. The molecule has 2 amide bonds. The number of hydrogen-bond donors (Lipinski definition) is 2. The fraction of sp³-hybridized carbons (Fsp3) is 0.278. The highest BCUT2D eigenvalue weighted by Gasteiger charge is 2.15. The van der Waals surface area contributed by atoms with E-state index in [4.69, 9.17) is 23.7 Å². The molecule has 0 radical (unpaired) electrons. The van der Waals surface area contributed by atoms with Gasteiger partial charge in [-0.05, 0) is 12.1 Å². The highest BCUT2D eigenvalue weighted by atomic mass is 16.5. The number of methoxy groups -OCH3 is 5. The van der Waals surface area contributed by atoms with Crippen LogP contribution in [0.2, 0.25) is 0 Å². The molecule has 26 heavy (non-hydrogen) atoms. The predicted molar refractivity (Wildman–Crippen MR) is 98.3 cm³/mol. The molecule has 2 N–H and O–H groups in total. The standard InChI is InChI=1S/C18H22N2O6/c1-22-13-7-6-11(8-14(13)23-2)19-18(21)20-12-9-15(24-3)17(26-5)16(10-12)25-4/h6-10H,1-5H3,(H2,19,20,21). The van der Waals surface area contributed by atoms with E-state index in [2.05, 4.69) is 10.6 Å². The van der Waals surface area contributed by atoms with Crippen LogP contribution in [0.1, 0.15) is 0 Å². The number of ether oxygens (including phenoxy) is 5. The maximum Gasteiger partial charge on any atom is 0.323 e. The van der Waals surface area contributed by atoms with E-state index in [1.165, 1.54) is 28.4 Å². The van der Waals surface area contributed by atoms with Crippen LogP contribution in [0.3, 0.4) is 0 Å². The Morgan fingerprint density at radius 2 is 1.15 bits per heavy atom. The molecular weight excluding hydrogens is 340 g/mol. The highest BCUT2D eigenvalue weighted by molar-refractivity contribution is 6.00. The predicted octanol–water partition coefficient (Wildman–Crippen LogP) is 3.37. The largest absolute Gasteiger partial charge is 0.493 e. The van der Waals surface area contributed by atoms with Crippen LogP contribution in [-0.2, 0) is 0 Å². The monoisotopic (exact) mass is 362 g/mol. The third kappa shape index (κ3) is 4.21. The number of carbonyl (C=O) groups excluding carboxylic acids is 1. The molecule has 0 heterocycles. The fourth-order valence-corrected chi connectivity index (χ4v) is 2.36. The number of rotatable bonds is 7. The summed E-state index contributed by atoms with van der Waals surface area (Å²) in [7, 11) is 7.59. The molecule has 0 aliphatic carbocycles. The second kappa shape index (κ2) is 8.70. The Morgan fingerprint density at radius 1 is 0.654 bits per heavy atom. The van der Waals surface area contributed by atoms with Gasteiger partial charge in [0.05, 0.1) is 41.2 Å². The van der Waals surface area contributed by atoms with E-state index in [1.807, 2.05) is 0 Å². The van der Waals surface area contributed by atoms with E-state index in [0.717, 1.165) is 0 Å². The van der Waals surface area contributed by atoms with Gasteiger partial charge in [0.1, 0.15) is 0 Å². The van der Waals surface area contributed by atoms with Crippen LogP contribution in [0.25, 0.3) is 0 Å². The molecule has 2 aromatic carbocycles. The maximum absolute atomic E-state index is 12.3. The topological polar surface area (TPSA) is 87.3 Å². The molecule has 0 spiro atoms. The van der Waals surface area contributed by atoms with Crippen molar-refractivity contribution in [3.05, 3.63) is 30.3 Å². The number of anilines is 2. The molecule has 140 valence electrons. The SMILES string of the molecule is COc1ccc(NC(=O)Nc2cc(OC)c(OC)c(OC)c2)cc1OC. The zero-order valence-corrected chi connectivity index (χ0v) is 15.3. The summed E-state index contributed by atoms with van der Waals surface area (Å²) in [6, 6.07) is 7.90. The Hall–Kier alpha value is -3.29. The second-order valence-corrected chi connectivity index (χ2v) is 5.06. The van der Waals surface area contributed by atoms with Crippen LogP contribution < -0.4 is 34.3 Å². The van der Waals surface area contributed by atoms with Crippen LogP contribution in [-0.4, -0.2) is 41.6 Å². The lowest BCUT2D eigenvalue weighted by Gasteiger charge is -2.15. The summed E-state index contributed by atoms with van der Waals surface area (Å²) >= 11 is 0. The molecule has 0 saturated carbocycles. The zero-order chi connectivity index (χ0) is 19.1. The molecule has 0 aromatic heterocycles. The van der Waals surface area contributed by atoms with Crippen LogP contribution in [0.4, 0.5) is 16.2 Å². The average Bonchev–Trinajstić information content (AvgIpc) is 2.66. The molecule has 2 aromatic rings. The van der Waals surface area contributed by atoms with Crippen molar-refractivity contribution < 1.29 is 28.5 Å². The lowest BCUT2D eigenvalue weighted by molar-refractivity contribution is 0.262. The van der Waals surface area contributed by atoms with Crippen molar-refractivity contribution in [3.63, 3.8) is 0 Å². The van der Waals surface area contributed by atoms with Gasteiger partial charge >= 0.3 is 6.03 Å². The summed E-state index contributed by atoms with van der Waals surface area (Å²) in [6.45, 7) is 0. The molecule has 0 saturated heterocycles. The van der Waals surface area contributed by atoms with Crippen molar-refractivity contribution in [3.8, 4) is 28.7 Å². The Labute approximate surface area is 152 Å². The first kappa shape index (κ1) is 19.0. The fourth-order valence-electron chi connectivity index (χ4n) is 2.36. The van der Waals surface area contributed by atoms with Crippen molar-refractivity contribution in [2.75, 3.05) is 46.2 Å². The third-order valence-electron chi connectivity index (χ3n) is 3.56. The number of hydrogen-bond acceptors (Lipinski definition) is 6. The summed E-state index contributed by atoms with van der Waals surface area (Å²) in [5.74, 6) is 2.41. The van der Waals surface area contributed by atoms with E-state index >= 15 is 0 Å². The van der Waals surface area contributed by atoms with Gasteiger partial charge in [-0.25, -0.2) is 4.79 Å². The number of carbonyl (C=O) groups is 1. The first-order chi connectivity index (χ1) is 12.6. The number of nitrogens with one attached hydrogen (secondary N) is 2. The van der Waals surface area contributed by atoms with E-state index in [1.54, 1.807) is 37.4 Å². The summed E-state index contributed by atoms with van der Waals surface area (Å²) < 4.78 is 26.2. The summed E-state index contributed by atoms with van der Waals surface area (Å²) in [6.07, 6.45) is 0. The summed E-state index contributed by atoms with van der Waals surface area (Å²) in [4.78, 5) is 12.3. The maximum atomic E-state index is 12.3. The second-order valence-electron chi connectivity index (χ2n) is 5.06. The molecule has 8 heteroatoms. The zero-order valence-electron chi connectivity index (χ0n) is 15.3. The van der Waals surface area contributed by atoms with Gasteiger partial charge in [0.15, 0.2) is 23.0 Å². The van der Waals surface area contributed by atoms with Crippen LogP contribution in [0.5, 0.6) is 28.7 Å². The van der Waals surface area contributed by atoms with Crippen LogP contribution in [0.15, 0.2) is 30.3 Å². The van der Waals surface area contributed by atoms with E-state index in [9.17, 15) is 4.79 Å². The first-order valence-corrected chi connectivity index (χ1v) is 7.66. The van der Waals surface area contributed by atoms with Crippen molar-refractivity contribution in [2.45, 2.75) is 0 Å². The van der Waals surface area contributed by atoms with Gasteiger partial charge in [-0.1, -0.05) is 0 Å². The summed E-state index contributed by atoms with van der Waals surface area (Å²) in [5.41, 5.74) is 1.03. The molecule has 8 nitrogen and oxygen atoms in total. The molecule has 0 aliphatic rings. The highest BCUT2D eigenvalue weighted by Crippen LogP contribution is 2.40. The van der Waals surface area contributed by atoms with Crippen LogP contribution >= 0.6 is 0 Å². The van der Waals surface area contributed by atoms with Crippen molar-refractivity contribution in [2.24, 2.45) is 0 Å². The molecule has 0 bridgehead atoms. The van der Waals surface area contributed by atoms with Crippen molar-refractivity contribution >= 4 is 17.4 Å². The lowest BCUT2D eigenvalue weighted by atomic mass is 10.2. The molecule has 0 aliphatic heterocycles. The minimum Gasteiger partial charge on any atom is -0.493 e. The molecular formula is C18H22N2O6. The minimum atomic E-state index is -0.438. The lowest BCUT2D eigenvalue weighted by Crippen LogP contribution is -2.19. The number of urea groups is 1. The number of amides is 2. The quantitative estimate of drug-likeness (QED) is 0.785. The van der Waals surface area contributed by atoms with Gasteiger partial charge in [-0.15, -0.1) is 0 Å². The average molecular weight is 362 g/mol. The molecule has 0 unspecified atom stereocenters. The van der Waals surface area contributed by atoms with E-state index < -0.39 is 6.03 Å².